The average Bonchev–Trinajstić information content (AvgIpc) is 2.28. The Kier molecular flexibility index (Phi) is 6.41. The SMILES string of the molecule is Cc1ccccc1CC(C)NC(=O)CC(N)CC(C)(C)C. The van der Waals surface area contributed by atoms with Gasteiger partial charge in [-0.15, -0.1) is 0 Å². The molecule has 118 valence electrons. The number of carbonyl (C=O) groups is 1. The van der Waals surface area contributed by atoms with E-state index in [1.165, 1.54) is 11.1 Å². The van der Waals surface area contributed by atoms with E-state index in [1.807, 2.05) is 19.1 Å². The molecule has 0 saturated carbocycles. The largest absolute Gasteiger partial charge is 0.353 e. The first kappa shape index (κ1) is 17.7. The molecule has 1 aromatic carbocycles. The molecular formula is C18H30N2O. The molecule has 2 atom stereocenters. The fraction of sp³-hybridized carbons (Fsp3) is 0.611. The average molecular weight is 290 g/mol. The Morgan fingerprint density at radius 1 is 1.29 bits per heavy atom. The van der Waals surface area contributed by atoms with Crippen molar-refractivity contribution in [3.8, 4) is 0 Å². The van der Waals surface area contributed by atoms with Crippen molar-refractivity contribution in [3.05, 3.63) is 35.4 Å². The van der Waals surface area contributed by atoms with Crippen LogP contribution in [0, 0.1) is 12.3 Å². The second-order valence-electron chi connectivity index (χ2n) is 7.33. The fourth-order valence-electron chi connectivity index (χ4n) is 2.65. The van der Waals surface area contributed by atoms with Crippen LogP contribution in [0.3, 0.4) is 0 Å². The first-order valence-electron chi connectivity index (χ1n) is 7.77. The van der Waals surface area contributed by atoms with Gasteiger partial charge in [-0.2, -0.15) is 0 Å². The van der Waals surface area contributed by atoms with Gasteiger partial charge in [0.2, 0.25) is 5.91 Å². The van der Waals surface area contributed by atoms with Crippen LogP contribution in [0.25, 0.3) is 0 Å². The molecule has 0 aliphatic rings. The van der Waals surface area contributed by atoms with Crippen LogP contribution in [0.15, 0.2) is 24.3 Å². The molecule has 0 fully saturated rings. The van der Waals surface area contributed by atoms with Crippen molar-refractivity contribution in [1.82, 2.24) is 5.32 Å². The molecule has 0 radical (unpaired) electrons. The number of hydrogen-bond donors (Lipinski definition) is 2. The van der Waals surface area contributed by atoms with Crippen LogP contribution in [0.2, 0.25) is 0 Å². The second kappa shape index (κ2) is 7.60. The van der Waals surface area contributed by atoms with E-state index >= 15 is 0 Å². The lowest BCUT2D eigenvalue weighted by Gasteiger charge is -2.23. The van der Waals surface area contributed by atoms with Gasteiger partial charge >= 0.3 is 0 Å². The Hall–Kier alpha value is -1.35. The Bertz CT molecular complexity index is 463. The zero-order valence-corrected chi connectivity index (χ0v) is 14.1. The lowest BCUT2D eigenvalue weighted by molar-refractivity contribution is -0.122. The van der Waals surface area contributed by atoms with Gasteiger partial charge in [0.1, 0.15) is 0 Å². The van der Waals surface area contributed by atoms with E-state index in [4.69, 9.17) is 5.73 Å². The number of hydrogen-bond acceptors (Lipinski definition) is 2. The van der Waals surface area contributed by atoms with Crippen LogP contribution in [-0.4, -0.2) is 18.0 Å². The summed E-state index contributed by atoms with van der Waals surface area (Å²) in [4.78, 5) is 12.0. The van der Waals surface area contributed by atoms with E-state index in [9.17, 15) is 4.79 Å². The smallest absolute Gasteiger partial charge is 0.221 e. The molecule has 0 aliphatic heterocycles. The molecule has 21 heavy (non-hydrogen) atoms. The van der Waals surface area contributed by atoms with Gasteiger partial charge in [0.05, 0.1) is 0 Å². The summed E-state index contributed by atoms with van der Waals surface area (Å²) < 4.78 is 0. The highest BCUT2D eigenvalue weighted by Gasteiger charge is 2.19. The van der Waals surface area contributed by atoms with Crippen LogP contribution in [-0.2, 0) is 11.2 Å². The summed E-state index contributed by atoms with van der Waals surface area (Å²) in [6, 6.07) is 8.34. The molecule has 1 amide bonds. The van der Waals surface area contributed by atoms with Crippen LogP contribution < -0.4 is 11.1 Å². The minimum Gasteiger partial charge on any atom is -0.353 e. The van der Waals surface area contributed by atoms with E-state index in [-0.39, 0.29) is 23.4 Å². The topological polar surface area (TPSA) is 55.1 Å². The lowest BCUT2D eigenvalue weighted by Crippen LogP contribution is -2.39. The number of benzene rings is 1. The normalized spacial score (nSPS) is 14.6. The summed E-state index contributed by atoms with van der Waals surface area (Å²) in [6.45, 7) is 10.6. The molecule has 1 rings (SSSR count). The van der Waals surface area contributed by atoms with Crippen molar-refractivity contribution < 1.29 is 4.79 Å². The quantitative estimate of drug-likeness (QED) is 0.845. The maximum absolute atomic E-state index is 12.0. The molecule has 0 bridgehead atoms. The highest BCUT2D eigenvalue weighted by molar-refractivity contribution is 5.76. The van der Waals surface area contributed by atoms with Gasteiger partial charge in [0.25, 0.3) is 0 Å². The number of nitrogens with two attached hydrogens (primary N) is 1. The monoisotopic (exact) mass is 290 g/mol. The molecular weight excluding hydrogens is 260 g/mol. The van der Waals surface area contributed by atoms with Gasteiger partial charge in [-0.05, 0) is 43.2 Å². The van der Waals surface area contributed by atoms with Crippen LogP contribution in [0.5, 0.6) is 0 Å². The molecule has 0 aromatic heterocycles. The summed E-state index contributed by atoms with van der Waals surface area (Å²) in [6.07, 6.45) is 2.11. The third-order valence-electron chi connectivity index (χ3n) is 3.52. The van der Waals surface area contributed by atoms with Gasteiger partial charge in [-0.25, -0.2) is 0 Å². The third kappa shape index (κ3) is 7.28. The van der Waals surface area contributed by atoms with Gasteiger partial charge in [0, 0.05) is 18.5 Å². The number of amides is 1. The lowest BCUT2D eigenvalue weighted by atomic mass is 9.87. The van der Waals surface area contributed by atoms with E-state index < -0.39 is 0 Å². The van der Waals surface area contributed by atoms with Crippen molar-refractivity contribution in [2.45, 2.75) is 66.0 Å². The van der Waals surface area contributed by atoms with E-state index in [0.29, 0.717) is 6.42 Å². The van der Waals surface area contributed by atoms with Crippen molar-refractivity contribution in [2.75, 3.05) is 0 Å². The van der Waals surface area contributed by atoms with E-state index in [1.54, 1.807) is 0 Å². The number of nitrogens with one attached hydrogen (secondary N) is 1. The minimum absolute atomic E-state index is 0.0489. The number of carbonyl (C=O) groups excluding carboxylic acids is 1. The molecule has 1 aromatic rings. The second-order valence-corrected chi connectivity index (χ2v) is 7.33. The molecule has 3 nitrogen and oxygen atoms in total. The van der Waals surface area contributed by atoms with E-state index in [0.717, 1.165) is 12.8 Å². The molecule has 3 N–H and O–H groups in total. The minimum atomic E-state index is -0.0735. The third-order valence-corrected chi connectivity index (χ3v) is 3.52. The first-order chi connectivity index (χ1) is 9.67. The van der Waals surface area contributed by atoms with Gasteiger partial charge in [-0.1, -0.05) is 45.0 Å². The number of aryl methyl sites for hydroxylation is 1. The molecule has 2 unspecified atom stereocenters. The Morgan fingerprint density at radius 2 is 1.90 bits per heavy atom. The van der Waals surface area contributed by atoms with Crippen LogP contribution in [0.4, 0.5) is 0 Å². The summed E-state index contributed by atoms with van der Waals surface area (Å²) in [5.74, 6) is 0.0489. The van der Waals surface area contributed by atoms with Crippen molar-refractivity contribution in [2.24, 2.45) is 11.1 Å². The highest BCUT2D eigenvalue weighted by Crippen LogP contribution is 2.21. The Morgan fingerprint density at radius 3 is 2.48 bits per heavy atom. The molecule has 0 saturated heterocycles. The summed E-state index contributed by atoms with van der Waals surface area (Å²) >= 11 is 0. The molecule has 0 heterocycles. The Balaban J connectivity index is 2.42. The van der Waals surface area contributed by atoms with Gasteiger partial charge in [0.15, 0.2) is 0 Å². The fourth-order valence-corrected chi connectivity index (χ4v) is 2.65. The maximum Gasteiger partial charge on any atom is 0.221 e. The summed E-state index contributed by atoms with van der Waals surface area (Å²) in [5.41, 5.74) is 8.76. The maximum atomic E-state index is 12.0. The van der Waals surface area contributed by atoms with Gasteiger partial charge in [-0.3, -0.25) is 4.79 Å². The van der Waals surface area contributed by atoms with Crippen molar-refractivity contribution >= 4 is 5.91 Å². The zero-order valence-electron chi connectivity index (χ0n) is 14.1. The standard InChI is InChI=1S/C18H30N2O/c1-13-8-6-7-9-15(13)10-14(2)20-17(21)11-16(19)12-18(3,4)5/h6-9,14,16H,10-12,19H2,1-5H3,(H,20,21). The Labute approximate surface area is 129 Å². The van der Waals surface area contributed by atoms with E-state index in [2.05, 4.69) is 45.1 Å². The zero-order chi connectivity index (χ0) is 16.0. The summed E-state index contributed by atoms with van der Waals surface area (Å²) in [5, 5.41) is 3.05. The first-order valence-corrected chi connectivity index (χ1v) is 7.77. The molecule has 3 heteroatoms. The highest BCUT2D eigenvalue weighted by atomic mass is 16.1. The molecule has 0 spiro atoms. The molecule has 0 aliphatic carbocycles. The van der Waals surface area contributed by atoms with Crippen molar-refractivity contribution in [3.63, 3.8) is 0 Å². The summed E-state index contributed by atoms with van der Waals surface area (Å²) in [7, 11) is 0. The predicted octanol–water partition coefficient (Wildman–Crippen LogP) is 3.20. The van der Waals surface area contributed by atoms with Crippen LogP contribution >= 0.6 is 0 Å². The number of rotatable bonds is 6. The van der Waals surface area contributed by atoms with Crippen molar-refractivity contribution in [1.29, 1.82) is 0 Å². The predicted molar refractivity (Wildman–Crippen MR) is 89.2 cm³/mol. The van der Waals surface area contributed by atoms with Gasteiger partial charge < -0.3 is 11.1 Å². The van der Waals surface area contributed by atoms with Crippen LogP contribution in [0.1, 0.15) is 51.7 Å².